The van der Waals surface area contributed by atoms with E-state index in [9.17, 15) is 43.5 Å². The van der Waals surface area contributed by atoms with Crippen LogP contribution in [0.2, 0.25) is 0 Å². The normalized spacial score (nSPS) is 14.4. The molecule has 5 atom stereocenters. The van der Waals surface area contributed by atoms with Crippen molar-refractivity contribution in [2.45, 2.75) is 463 Å². The number of esters is 3. The number of aliphatic hydroxyl groups excluding tert-OH is 2. The van der Waals surface area contributed by atoms with Gasteiger partial charge in [0.25, 0.3) is 0 Å². The molecular weight excluding hydrogens is 1630 g/mol. The molecule has 0 aromatic rings. The van der Waals surface area contributed by atoms with E-state index in [-0.39, 0.29) is 19.3 Å². The smallest absolute Gasteiger partial charge is 0.463 e. The van der Waals surface area contributed by atoms with Crippen molar-refractivity contribution in [1.82, 2.24) is 0 Å². The van der Waals surface area contributed by atoms with Crippen molar-refractivity contribution in [3.05, 3.63) is 170 Å². The quantitative estimate of drug-likeness (QED) is 0.0146. The van der Waals surface area contributed by atoms with Gasteiger partial charge in [0, 0.05) is 19.3 Å². The summed E-state index contributed by atoms with van der Waals surface area (Å²) >= 11 is 0. The number of rotatable bonds is 97. The molecule has 0 radical (unpaired) electrons. The van der Waals surface area contributed by atoms with E-state index in [2.05, 4.69) is 191 Å². The minimum absolute atomic E-state index is 0.101. The summed E-state index contributed by atoms with van der Waals surface area (Å²) in [6.45, 7) is 2.51. The number of phosphoric ester groups is 2. The molecule has 0 saturated carbocycles. The third-order valence-electron chi connectivity index (χ3n) is 21.9. The summed E-state index contributed by atoms with van der Waals surface area (Å²) in [6.07, 6.45) is 131. The van der Waals surface area contributed by atoms with Gasteiger partial charge >= 0.3 is 33.6 Å². The second-order valence-corrected chi connectivity index (χ2v) is 37.1. The van der Waals surface area contributed by atoms with Crippen LogP contribution in [0.4, 0.5) is 0 Å². The number of carbonyl (C=O) groups is 3. The minimum atomic E-state index is -4.95. The van der Waals surface area contributed by atoms with E-state index in [1.807, 2.05) is 0 Å². The van der Waals surface area contributed by atoms with E-state index in [1.54, 1.807) is 0 Å². The number of hydrogen-bond donors (Lipinski definition) is 4. The van der Waals surface area contributed by atoms with E-state index in [1.165, 1.54) is 231 Å². The zero-order valence-electron chi connectivity index (χ0n) is 80.9. The molecule has 0 aliphatic heterocycles. The number of ether oxygens (including phenoxy) is 3. The number of hydrogen-bond acceptors (Lipinski definition) is 14. The fraction of sp³-hybridized carbons (Fsp3) is 0.716. The third-order valence-corrected chi connectivity index (χ3v) is 23.8. The first-order chi connectivity index (χ1) is 62.2. The Hall–Kier alpha value is -5.09. The zero-order valence-corrected chi connectivity index (χ0v) is 82.7. The molecule has 0 aromatic carbocycles. The van der Waals surface area contributed by atoms with Crippen molar-refractivity contribution in [2.24, 2.45) is 0 Å². The first-order valence-electron chi connectivity index (χ1n) is 51.4. The van der Waals surface area contributed by atoms with Crippen LogP contribution in [0.3, 0.4) is 0 Å². The van der Waals surface area contributed by atoms with Crippen LogP contribution in [0.5, 0.6) is 0 Å². The Labute approximate surface area is 777 Å². The van der Waals surface area contributed by atoms with Crippen molar-refractivity contribution >= 4 is 33.6 Å². The van der Waals surface area contributed by atoms with E-state index in [0.29, 0.717) is 19.3 Å². The molecule has 5 unspecified atom stereocenters. The molecule has 0 amide bonds. The van der Waals surface area contributed by atoms with Crippen LogP contribution in [0, 0.1) is 0 Å². The van der Waals surface area contributed by atoms with Crippen LogP contribution < -0.4 is 0 Å². The lowest BCUT2D eigenvalue weighted by Crippen LogP contribution is -2.30. The zero-order chi connectivity index (χ0) is 92.1. The standard InChI is InChI=1S/C109H188O16P2/c1-4-7-10-13-16-19-22-25-28-31-34-37-40-43-46-49-51-54-56-59-62-65-68-71-74-77-80-83-86-89-92-95-107(112)119-98-104(110)99-121-126(115,116)122-100-105(111)101-123-127(117,118)124-103-106(125-109(114)97-94-91-88-85-82-79-76-73-70-67-64-61-58-53-48-45-42-39-36-33-30-27-24-21-18-15-12-9-6-3)102-120-108(113)96-93-90-87-84-81-78-75-72-69-66-63-60-57-55-52-50-47-44-41-38-35-32-29-26-23-20-17-14-11-8-5-2/h7-8,10-11,16-21,25-30,34-39,43-48,104-106,110-111H,4-6,9,12-15,22-24,31-33,40-42,49-103H2,1-3H3,(H,115,116)(H,117,118)/b10-7-,11-8-,19-16-,20-17-,21-18-,28-25-,29-26-,30-27-,37-34-,38-35-,39-36-,46-43-,47-44-,48-45-. The minimum Gasteiger partial charge on any atom is -0.463 e. The second-order valence-electron chi connectivity index (χ2n) is 34.2. The lowest BCUT2D eigenvalue weighted by atomic mass is 10.0. The Morgan fingerprint density at radius 2 is 0.417 bits per heavy atom. The van der Waals surface area contributed by atoms with Crippen LogP contribution in [0.15, 0.2) is 170 Å². The van der Waals surface area contributed by atoms with Crippen molar-refractivity contribution in [3.63, 3.8) is 0 Å². The van der Waals surface area contributed by atoms with E-state index in [4.69, 9.17) is 32.3 Å². The Morgan fingerprint density at radius 3 is 0.661 bits per heavy atom. The van der Waals surface area contributed by atoms with Crippen molar-refractivity contribution in [1.29, 1.82) is 0 Å². The van der Waals surface area contributed by atoms with Crippen LogP contribution in [-0.2, 0) is 55.8 Å². The molecule has 0 fully saturated rings. The van der Waals surface area contributed by atoms with Crippen LogP contribution in [-0.4, -0.2) is 95.9 Å². The highest BCUT2D eigenvalue weighted by Gasteiger charge is 2.30. The molecule has 127 heavy (non-hydrogen) atoms. The Balaban J connectivity index is 4.63. The maximum atomic E-state index is 13.1. The summed E-state index contributed by atoms with van der Waals surface area (Å²) in [5, 5.41) is 20.8. The van der Waals surface area contributed by atoms with E-state index in [0.717, 1.165) is 154 Å². The van der Waals surface area contributed by atoms with Crippen LogP contribution >= 0.6 is 15.6 Å². The largest absolute Gasteiger partial charge is 0.472 e. The molecule has 4 N–H and O–H groups in total. The number of aliphatic hydroxyl groups is 2. The van der Waals surface area contributed by atoms with Gasteiger partial charge in [0.15, 0.2) is 6.10 Å². The molecule has 0 rings (SSSR count). The molecule has 0 heterocycles. The van der Waals surface area contributed by atoms with Gasteiger partial charge in [0.05, 0.1) is 26.4 Å². The molecule has 730 valence electrons. The highest BCUT2D eigenvalue weighted by Crippen LogP contribution is 2.45. The Morgan fingerprint density at radius 1 is 0.228 bits per heavy atom. The number of phosphoric acid groups is 2. The van der Waals surface area contributed by atoms with Crippen LogP contribution in [0.1, 0.15) is 445 Å². The van der Waals surface area contributed by atoms with Gasteiger partial charge in [-0.3, -0.25) is 32.5 Å². The predicted molar refractivity (Wildman–Crippen MR) is 537 cm³/mol. The van der Waals surface area contributed by atoms with Gasteiger partial charge in [-0.05, 0) is 154 Å². The Kier molecular flexibility index (Phi) is 95.9. The van der Waals surface area contributed by atoms with Crippen LogP contribution in [0.25, 0.3) is 0 Å². The van der Waals surface area contributed by atoms with Gasteiger partial charge < -0.3 is 34.2 Å². The predicted octanol–water partition coefficient (Wildman–Crippen LogP) is 32.6. The third kappa shape index (κ3) is 101. The lowest BCUT2D eigenvalue weighted by molar-refractivity contribution is -0.161. The molecule has 0 spiro atoms. The molecule has 0 aliphatic rings. The number of allylic oxidation sites excluding steroid dienone is 28. The van der Waals surface area contributed by atoms with Crippen molar-refractivity contribution in [3.8, 4) is 0 Å². The SMILES string of the molecule is CC/C=C\C/C=C\C/C=C\C/C=C\C/C=C\CCCCCCCCCCCCCCCCCC(=O)OCC(O)COP(=O)(O)OCC(O)COP(=O)(O)OCC(COC(=O)CCCCCCCCCCCCCCCCC/C=C\C/C=C\C/C=C\C/C=C\C/C=C\CC)OC(=O)CCCCCCCCCCCCCCC/C=C\C/C=C\C/C=C\C/C=C\CCCCC. The molecule has 0 aromatic heterocycles. The topological polar surface area (TPSA) is 231 Å². The summed E-state index contributed by atoms with van der Waals surface area (Å²) in [6, 6.07) is 0. The first kappa shape index (κ1) is 122. The van der Waals surface area contributed by atoms with Gasteiger partial charge in [-0.25, -0.2) is 9.13 Å². The summed E-state index contributed by atoms with van der Waals surface area (Å²) in [5.41, 5.74) is 0. The van der Waals surface area contributed by atoms with Gasteiger partial charge in [-0.1, -0.05) is 441 Å². The van der Waals surface area contributed by atoms with Gasteiger partial charge in [-0.15, -0.1) is 0 Å². The van der Waals surface area contributed by atoms with Gasteiger partial charge in [-0.2, -0.15) is 0 Å². The van der Waals surface area contributed by atoms with Crippen molar-refractivity contribution in [2.75, 3.05) is 39.6 Å². The fourth-order valence-electron chi connectivity index (χ4n) is 14.2. The average molecular weight is 1820 g/mol. The first-order valence-corrected chi connectivity index (χ1v) is 54.4. The number of carbonyl (C=O) groups excluding carboxylic acids is 3. The Bertz CT molecular complexity index is 2990. The number of unbranched alkanes of at least 4 members (excludes halogenated alkanes) is 46. The van der Waals surface area contributed by atoms with Gasteiger partial charge in [0.2, 0.25) is 0 Å². The lowest BCUT2D eigenvalue weighted by Gasteiger charge is -2.21. The highest BCUT2D eigenvalue weighted by molar-refractivity contribution is 7.47. The van der Waals surface area contributed by atoms with Gasteiger partial charge in [0.1, 0.15) is 25.4 Å². The maximum Gasteiger partial charge on any atom is 0.472 e. The summed E-state index contributed by atoms with van der Waals surface area (Å²) in [4.78, 5) is 59.2. The summed E-state index contributed by atoms with van der Waals surface area (Å²) in [5.74, 6) is -1.56. The maximum absolute atomic E-state index is 13.1. The molecular formula is C109H188O16P2. The second kappa shape index (κ2) is 99.9. The monoisotopic (exact) mass is 1820 g/mol. The highest BCUT2D eigenvalue weighted by atomic mass is 31.2. The van der Waals surface area contributed by atoms with E-state index < -0.39 is 91.5 Å². The molecule has 0 bridgehead atoms. The molecule has 18 heteroatoms. The average Bonchev–Trinajstić information content (AvgIpc) is 0.955. The summed E-state index contributed by atoms with van der Waals surface area (Å²) in [7, 11) is -9.82. The van der Waals surface area contributed by atoms with E-state index >= 15 is 0 Å². The van der Waals surface area contributed by atoms with Crippen molar-refractivity contribution < 1.29 is 75.8 Å². The summed E-state index contributed by atoms with van der Waals surface area (Å²) < 4.78 is 61.7. The fourth-order valence-corrected chi connectivity index (χ4v) is 15.8. The molecule has 0 aliphatic carbocycles. The molecule has 16 nitrogen and oxygen atoms in total. The molecule has 0 saturated heterocycles.